The van der Waals surface area contributed by atoms with Crippen LogP contribution in [0.4, 0.5) is 0 Å². The smallest absolute Gasteiger partial charge is 0.500 e. The minimum atomic E-state index is -2.89. The third-order valence-electron chi connectivity index (χ3n) is 4.54. The van der Waals surface area contributed by atoms with E-state index in [9.17, 15) is 19.8 Å². The highest BCUT2D eigenvalue weighted by atomic mass is 28.4. The van der Waals surface area contributed by atoms with Gasteiger partial charge in [-0.2, -0.15) is 0 Å². The summed E-state index contributed by atoms with van der Waals surface area (Å²) in [6.45, 7) is 0. The van der Waals surface area contributed by atoms with Gasteiger partial charge in [0.2, 0.25) is 0 Å². The summed E-state index contributed by atoms with van der Waals surface area (Å²) in [5.74, 6) is -3.10. The lowest BCUT2D eigenvalue weighted by Crippen LogP contribution is -2.43. The maximum atomic E-state index is 11.5. The van der Waals surface area contributed by atoms with Crippen molar-refractivity contribution in [2.24, 2.45) is 0 Å². The number of carboxylic acid groups (broad SMARTS) is 2. The first-order chi connectivity index (χ1) is 13.2. The highest BCUT2D eigenvalue weighted by Crippen LogP contribution is 2.24. The van der Waals surface area contributed by atoms with E-state index >= 15 is 0 Å². The fourth-order valence-corrected chi connectivity index (χ4v) is 6.27. The fraction of sp³-hybridized carbons (Fsp3) is 0.750. The molecule has 0 N–H and O–H groups in total. The number of aliphatic carboxylic acids is 2. The van der Waals surface area contributed by atoms with Gasteiger partial charge in [0.05, 0.1) is 11.9 Å². The van der Waals surface area contributed by atoms with Gasteiger partial charge in [0.1, 0.15) is 0 Å². The van der Waals surface area contributed by atoms with Gasteiger partial charge in [-0.25, -0.2) is 0 Å². The van der Waals surface area contributed by atoms with Crippen LogP contribution in [0.5, 0.6) is 0 Å². The topological polar surface area (TPSA) is 136 Å². The second-order valence-corrected chi connectivity index (χ2v) is 12.0. The lowest BCUT2D eigenvalue weighted by atomic mass is 10.00. The molecule has 0 aromatic carbocycles. The molecule has 0 saturated heterocycles. The van der Waals surface area contributed by atoms with E-state index in [0.29, 0.717) is 12.1 Å². The third kappa shape index (κ3) is 7.71. The van der Waals surface area contributed by atoms with Crippen molar-refractivity contribution in [2.45, 2.75) is 37.8 Å². The van der Waals surface area contributed by atoms with Crippen LogP contribution in [0, 0.1) is 0 Å². The largest absolute Gasteiger partial charge is 0.545 e. The van der Waals surface area contributed by atoms with E-state index in [-0.39, 0.29) is 36.8 Å². The van der Waals surface area contributed by atoms with E-state index in [4.69, 9.17) is 26.6 Å². The average Bonchev–Trinajstić information content (AvgIpc) is 2.70. The number of carboxylic acids is 2. The van der Waals surface area contributed by atoms with Crippen LogP contribution in [0.2, 0.25) is 12.1 Å². The SMILES string of the molecule is CO[Si](CCC/C(C(=O)[O-])=C(\CCC[Si](OC)(OC)OC)C(=O)[O-])(OC)OC. The van der Waals surface area contributed by atoms with Crippen LogP contribution in [-0.2, 0) is 36.1 Å². The van der Waals surface area contributed by atoms with Gasteiger partial charge in [-0.3, -0.25) is 0 Å². The number of hydrogen-bond donors (Lipinski definition) is 0. The minimum absolute atomic E-state index is 0.0438. The van der Waals surface area contributed by atoms with Crippen LogP contribution in [0.3, 0.4) is 0 Å². The molecular weight excluding hydrogens is 408 g/mol. The Bertz CT molecular complexity index is 467. The average molecular weight is 439 g/mol. The molecule has 164 valence electrons. The molecule has 0 aromatic heterocycles. The molecule has 0 amide bonds. The quantitative estimate of drug-likeness (QED) is 0.220. The fourth-order valence-electron chi connectivity index (χ4n) is 2.83. The second-order valence-electron chi connectivity index (χ2n) is 5.83. The molecule has 12 heteroatoms. The molecular formula is C16H30O10Si2-2. The van der Waals surface area contributed by atoms with E-state index in [2.05, 4.69) is 0 Å². The van der Waals surface area contributed by atoms with E-state index in [0.717, 1.165) is 0 Å². The molecule has 0 aromatic rings. The van der Waals surface area contributed by atoms with Crippen LogP contribution in [0.1, 0.15) is 25.7 Å². The lowest BCUT2D eigenvalue weighted by molar-refractivity contribution is -0.304. The Kier molecular flexibility index (Phi) is 12.6. The molecule has 10 nitrogen and oxygen atoms in total. The van der Waals surface area contributed by atoms with E-state index < -0.39 is 29.5 Å². The minimum Gasteiger partial charge on any atom is -0.545 e. The summed E-state index contributed by atoms with van der Waals surface area (Å²) in [7, 11) is 2.88. The molecule has 0 aliphatic heterocycles. The summed E-state index contributed by atoms with van der Waals surface area (Å²) in [4.78, 5) is 23.1. The number of rotatable bonds is 16. The molecule has 0 aliphatic rings. The van der Waals surface area contributed by atoms with Gasteiger partial charge in [0, 0.05) is 54.7 Å². The molecule has 0 unspecified atom stereocenters. The first kappa shape index (κ1) is 26.9. The monoisotopic (exact) mass is 438 g/mol. The van der Waals surface area contributed by atoms with Crippen LogP contribution in [-0.4, -0.2) is 72.2 Å². The molecule has 0 radical (unpaired) electrons. The van der Waals surface area contributed by atoms with Crippen LogP contribution >= 0.6 is 0 Å². The molecule has 28 heavy (non-hydrogen) atoms. The molecule has 0 saturated carbocycles. The first-order valence-corrected chi connectivity index (χ1v) is 12.5. The Balaban J connectivity index is 5.27. The van der Waals surface area contributed by atoms with Crippen molar-refractivity contribution in [3.05, 3.63) is 11.1 Å². The van der Waals surface area contributed by atoms with Gasteiger partial charge >= 0.3 is 17.6 Å². The highest BCUT2D eigenvalue weighted by molar-refractivity contribution is 6.60. The van der Waals surface area contributed by atoms with E-state index in [1.165, 1.54) is 42.7 Å². The van der Waals surface area contributed by atoms with Crippen LogP contribution < -0.4 is 10.2 Å². The zero-order valence-electron chi connectivity index (χ0n) is 17.3. The Morgan fingerprint density at radius 1 is 0.607 bits per heavy atom. The molecule has 0 heterocycles. The summed E-state index contributed by atoms with van der Waals surface area (Å²) in [6, 6.07) is 0.640. The summed E-state index contributed by atoms with van der Waals surface area (Å²) >= 11 is 0. The number of carbonyl (C=O) groups is 2. The molecule has 0 atom stereocenters. The van der Waals surface area contributed by atoms with E-state index in [1.54, 1.807) is 0 Å². The van der Waals surface area contributed by atoms with Gasteiger partial charge in [-0.1, -0.05) is 0 Å². The van der Waals surface area contributed by atoms with Gasteiger partial charge in [-0.15, -0.1) is 0 Å². The van der Waals surface area contributed by atoms with Crippen molar-refractivity contribution in [1.29, 1.82) is 0 Å². The standard InChI is InChI=1S/C16H32O10Si2/c1-21-27(22-2,23-3)11-7-9-13(15(17)18)14(16(19)20)10-8-12-28(24-4,25-5)26-6/h7-12H2,1-6H3,(H,17,18)(H,19,20)/p-2/b14-13-. The predicted octanol–water partition coefficient (Wildman–Crippen LogP) is -0.901. The summed E-state index contributed by atoms with van der Waals surface area (Å²) in [5, 5.41) is 23.1. The van der Waals surface area contributed by atoms with Crippen molar-refractivity contribution in [1.82, 2.24) is 0 Å². The van der Waals surface area contributed by atoms with Crippen molar-refractivity contribution in [2.75, 3.05) is 42.7 Å². The Morgan fingerprint density at radius 2 is 0.857 bits per heavy atom. The van der Waals surface area contributed by atoms with Gasteiger partial charge in [-0.05, 0) is 36.8 Å². The lowest BCUT2D eigenvalue weighted by Gasteiger charge is -2.26. The number of carbonyl (C=O) groups excluding carboxylic acids is 2. The van der Waals surface area contributed by atoms with Gasteiger partial charge < -0.3 is 46.4 Å². The van der Waals surface area contributed by atoms with Crippen LogP contribution in [0.15, 0.2) is 11.1 Å². The highest BCUT2D eigenvalue weighted by Gasteiger charge is 2.38. The van der Waals surface area contributed by atoms with Crippen molar-refractivity contribution in [3.8, 4) is 0 Å². The maximum Gasteiger partial charge on any atom is 0.500 e. The zero-order valence-corrected chi connectivity index (χ0v) is 19.3. The number of hydrogen-bond acceptors (Lipinski definition) is 10. The van der Waals surface area contributed by atoms with Gasteiger partial charge in [0.25, 0.3) is 0 Å². The molecule has 0 rings (SSSR count). The van der Waals surface area contributed by atoms with Gasteiger partial charge in [0.15, 0.2) is 0 Å². The Morgan fingerprint density at radius 3 is 1.04 bits per heavy atom. The van der Waals surface area contributed by atoms with Crippen LogP contribution in [0.25, 0.3) is 0 Å². The van der Waals surface area contributed by atoms with Crippen molar-refractivity contribution < 1.29 is 46.4 Å². The van der Waals surface area contributed by atoms with Crippen molar-refractivity contribution in [3.63, 3.8) is 0 Å². The Labute approximate surface area is 168 Å². The predicted molar refractivity (Wildman–Crippen MR) is 98.7 cm³/mol. The third-order valence-corrected chi connectivity index (χ3v) is 10.2. The first-order valence-electron chi connectivity index (χ1n) is 8.65. The normalized spacial score (nSPS) is 13.4. The molecule has 0 aliphatic carbocycles. The molecule has 0 spiro atoms. The van der Waals surface area contributed by atoms with E-state index in [1.807, 2.05) is 0 Å². The Hall–Kier alpha value is -1.13. The summed E-state index contributed by atoms with van der Waals surface area (Å²) in [5.41, 5.74) is -0.628. The zero-order chi connectivity index (χ0) is 21.8. The second kappa shape index (κ2) is 13.2. The van der Waals surface area contributed by atoms with Crippen molar-refractivity contribution >= 4 is 29.5 Å². The molecule has 0 bridgehead atoms. The summed E-state index contributed by atoms with van der Waals surface area (Å²) < 4.78 is 31.7. The maximum absolute atomic E-state index is 11.5. The summed E-state index contributed by atoms with van der Waals surface area (Å²) in [6.07, 6.45) is 0.485. The molecule has 0 fully saturated rings.